The van der Waals surface area contributed by atoms with E-state index < -0.39 is 29.6 Å². The zero-order valence-electron chi connectivity index (χ0n) is 25.1. The minimum Gasteiger partial charge on any atom is -0.468 e. The summed E-state index contributed by atoms with van der Waals surface area (Å²) in [6, 6.07) is 4.67. The van der Waals surface area contributed by atoms with E-state index in [9.17, 15) is 19.2 Å². The molecule has 0 saturated carbocycles. The van der Waals surface area contributed by atoms with E-state index in [2.05, 4.69) is 0 Å². The van der Waals surface area contributed by atoms with E-state index in [1.807, 2.05) is 27.7 Å². The Kier molecular flexibility index (Phi) is 15.3. The van der Waals surface area contributed by atoms with Gasteiger partial charge in [-0.05, 0) is 36.5 Å². The predicted octanol–water partition coefficient (Wildman–Crippen LogP) is 5.37. The number of rotatable bonds is 17. The molecular weight excluding hydrogens is 518 g/mol. The normalized spacial score (nSPS) is 14.7. The van der Waals surface area contributed by atoms with Gasteiger partial charge in [-0.1, -0.05) is 66.9 Å². The summed E-state index contributed by atoms with van der Waals surface area (Å²) < 4.78 is 26.4. The van der Waals surface area contributed by atoms with Crippen molar-refractivity contribution in [2.45, 2.75) is 92.0 Å². The lowest BCUT2D eigenvalue weighted by atomic mass is 9.88. The fourth-order valence-electron chi connectivity index (χ4n) is 3.86. The molecule has 0 heterocycles. The second-order valence-corrected chi connectivity index (χ2v) is 10.5. The SMILES string of the molecule is CCCC(C)C(=O)Oc1ccc(CC(N)(CCOC(=O)OC[C@@H](C)CC)C(=O)OC)cc1OC(=O)C(C)CCC. The molecule has 10 nitrogen and oxygen atoms in total. The molecule has 0 radical (unpaired) electrons. The van der Waals surface area contributed by atoms with Crippen molar-refractivity contribution >= 4 is 24.1 Å². The van der Waals surface area contributed by atoms with Crippen molar-refractivity contribution < 1.29 is 42.9 Å². The maximum absolute atomic E-state index is 12.7. The van der Waals surface area contributed by atoms with Gasteiger partial charge in [0.25, 0.3) is 0 Å². The van der Waals surface area contributed by atoms with Gasteiger partial charge in [-0.25, -0.2) is 4.79 Å². The second-order valence-electron chi connectivity index (χ2n) is 10.5. The molecule has 0 aromatic heterocycles. The van der Waals surface area contributed by atoms with Gasteiger partial charge in [0.2, 0.25) is 0 Å². The van der Waals surface area contributed by atoms with Crippen molar-refractivity contribution in [3.05, 3.63) is 23.8 Å². The van der Waals surface area contributed by atoms with Crippen LogP contribution >= 0.6 is 0 Å². The van der Waals surface area contributed by atoms with Crippen molar-refractivity contribution in [2.24, 2.45) is 23.5 Å². The fourth-order valence-corrected chi connectivity index (χ4v) is 3.86. The molecule has 40 heavy (non-hydrogen) atoms. The molecule has 0 spiro atoms. The zero-order valence-corrected chi connectivity index (χ0v) is 25.1. The molecule has 226 valence electrons. The van der Waals surface area contributed by atoms with Gasteiger partial charge in [-0.3, -0.25) is 14.4 Å². The van der Waals surface area contributed by atoms with Gasteiger partial charge in [0.05, 0.1) is 32.2 Å². The number of nitrogens with two attached hydrogens (primary N) is 1. The maximum atomic E-state index is 12.7. The summed E-state index contributed by atoms with van der Waals surface area (Å²) >= 11 is 0. The number of hydrogen-bond donors (Lipinski definition) is 1. The molecule has 0 aliphatic rings. The first kappa shape index (κ1) is 34.9. The molecule has 0 fully saturated rings. The summed E-state index contributed by atoms with van der Waals surface area (Å²) in [5.41, 5.74) is 5.41. The van der Waals surface area contributed by atoms with Crippen molar-refractivity contribution in [1.82, 2.24) is 0 Å². The first-order chi connectivity index (χ1) is 18.9. The fraction of sp³-hybridized carbons (Fsp3) is 0.667. The highest BCUT2D eigenvalue weighted by Crippen LogP contribution is 2.32. The molecular formula is C30H47NO9. The van der Waals surface area contributed by atoms with E-state index in [0.29, 0.717) is 18.4 Å². The number of ether oxygens (including phenoxy) is 5. The van der Waals surface area contributed by atoms with Crippen molar-refractivity contribution in [2.75, 3.05) is 20.3 Å². The number of benzene rings is 1. The lowest BCUT2D eigenvalue weighted by Crippen LogP contribution is -2.51. The summed E-state index contributed by atoms with van der Waals surface area (Å²) in [7, 11) is 1.22. The van der Waals surface area contributed by atoms with Gasteiger partial charge in [0.1, 0.15) is 5.54 Å². The first-order valence-electron chi connectivity index (χ1n) is 14.1. The van der Waals surface area contributed by atoms with Gasteiger partial charge in [0.15, 0.2) is 11.5 Å². The number of carbonyl (C=O) groups is 4. The first-order valence-corrected chi connectivity index (χ1v) is 14.1. The molecule has 10 heteroatoms. The molecule has 0 bridgehead atoms. The summed E-state index contributed by atoms with van der Waals surface area (Å²) in [6.45, 7) is 11.5. The zero-order chi connectivity index (χ0) is 30.3. The average molecular weight is 566 g/mol. The van der Waals surface area contributed by atoms with Crippen LogP contribution < -0.4 is 15.2 Å². The van der Waals surface area contributed by atoms with Gasteiger partial charge >= 0.3 is 24.1 Å². The highest BCUT2D eigenvalue weighted by atomic mass is 16.7. The van der Waals surface area contributed by atoms with Crippen molar-refractivity contribution in [3.63, 3.8) is 0 Å². The van der Waals surface area contributed by atoms with Crippen LogP contribution in [0.2, 0.25) is 0 Å². The molecule has 0 aliphatic heterocycles. The molecule has 0 amide bonds. The molecule has 1 rings (SSSR count). The monoisotopic (exact) mass is 565 g/mol. The number of esters is 3. The van der Waals surface area contributed by atoms with Crippen molar-refractivity contribution in [3.8, 4) is 11.5 Å². The minimum atomic E-state index is -1.56. The van der Waals surface area contributed by atoms with Crippen LogP contribution in [0.3, 0.4) is 0 Å². The largest absolute Gasteiger partial charge is 0.508 e. The van der Waals surface area contributed by atoms with Crippen LogP contribution in [-0.2, 0) is 35.0 Å². The maximum Gasteiger partial charge on any atom is 0.508 e. The molecule has 4 atom stereocenters. The van der Waals surface area contributed by atoms with Crippen LogP contribution in [0.25, 0.3) is 0 Å². The smallest absolute Gasteiger partial charge is 0.468 e. The summed E-state index contributed by atoms with van der Waals surface area (Å²) in [5.74, 6) is -1.95. The van der Waals surface area contributed by atoms with E-state index in [-0.39, 0.29) is 55.3 Å². The Hall–Kier alpha value is -3.14. The standard InChI is InChI=1S/C30H47NO9/c1-8-11-21(5)26(32)39-24-14-13-23(17-25(24)40-27(33)22(6)12-9-2)18-30(31,28(34)36-7)15-16-37-29(35)38-19-20(4)10-3/h13-14,17,20-22H,8-12,15-16,18-19,31H2,1-7H3/t20-,21?,22?,30?/m0/s1. The van der Waals surface area contributed by atoms with Gasteiger partial charge in [-0.15, -0.1) is 0 Å². The van der Waals surface area contributed by atoms with E-state index in [1.54, 1.807) is 19.9 Å². The van der Waals surface area contributed by atoms with Gasteiger partial charge < -0.3 is 29.4 Å². The number of methoxy groups -OCH3 is 1. The van der Waals surface area contributed by atoms with E-state index in [0.717, 1.165) is 19.3 Å². The second kappa shape index (κ2) is 17.5. The highest BCUT2D eigenvalue weighted by Gasteiger charge is 2.36. The van der Waals surface area contributed by atoms with Crippen LogP contribution in [0.5, 0.6) is 11.5 Å². The van der Waals surface area contributed by atoms with Crippen LogP contribution in [-0.4, -0.2) is 49.9 Å². The topological polar surface area (TPSA) is 140 Å². The van der Waals surface area contributed by atoms with Crippen LogP contribution in [0.1, 0.15) is 85.6 Å². The number of hydrogen-bond acceptors (Lipinski definition) is 10. The lowest BCUT2D eigenvalue weighted by molar-refractivity contribution is -0.148. The summed E-state index contributed by atoms with van der Waals surface area (Å²) in [5, 5.41) is 0. The molecule has 1 aromatic rings. The Morgan fingerprint density at radius 1 is 0.875 bits per heavy atom. The number of carbonyl (C=O) groups excluding carboxylic acids is 4. The Labute approximate surface area is 238 Å². The molecule has 0 saturated heterocycles. The Morgan fingerprint density at radius 3 is 1.98 bits per heavy atom. The predicted molar refractivity (Wildman–Crippen MR) is 150 cm³/mol. The third-order valence-corrected chi connectivity index (χ3v) is 6.74. The Balaban J connectivity index is 3.16. The van der Waals surface area contributed by atoms with E-state index in [4.69, 9.17) is 29.4 Å². The minimum absolute atomic E-state index is 0.0273. The molecule has 0 aliphatic carbocycles. The lowest BCUT2D eigenvalue weighted by Gasteiger charge is -2.27. The van der Waals surface area contributed by atoms with Crippen molar-refractivity contribution in [1.29, 1.82) is 0 Å². The Bertz CT molecular complexity index is 980. The third-order valence-electron chi connectivity index (χ3n) is 6.74. The van der Waals surface area contributed by atoms with Gasteiger partial charge in [-0.2, -0.15) is 0 Å². The van der Waals surface area contributed by atoms with E-state index >= 15 is 0 Å². The Morgan fingerprint density at radius 2 is 1.45 bits per heavy atom. The molecule has 2 N–H and O–H groups in total. The summed E-state index contributed by atoms with van der Waals surface area (Å²) in [4.78, 5) is 49.9. The summed E-state index contributed by atoms with van der Waals surface area (Å²) in [6.07, 6.45) is 2.84. The van der Waals surface area contributed by atoms with Gasteiger partial charge in [0, 0.05) is 12.8 Å². The van der Waals surface area contributed by atoms with Crippen LogP contribution in [0.4, 0.5) is 4.79 Å². The van der Waals surface area contributed by atoms with Crippen LogP contribution in [0, 0.1) is 17.8 Å². The van der Waals surface area contributed by atoms with E-state index in [1.165, 1.54) is 19.2 Å². The quantitative estimate of drug-likeness (QED) is 0.193. The van der Waals surface area contributed by atoms with Crippen LogP contribution in [0.15, 0.2) is 18.2 Å². The third kappa shape index (κ3) is 11.5. The average Bonchev–Trinajstić information content (AvgIpc) is 2.92. The highest BCUT2D eigenvalue weighted by molar-refractivity contribution is 5.81. The molecule has 3 unspecified atom stereocenters. The molecule has 1 aromatic carbocycles.